The first kappa shape index (κ1) is 20.3. The second-order valence-corrected chi connectivity index (χ2v) is 7.95. The highest BCUT2D eigenvalue weighted by Gasteiger charge is 2.18. The average molecular weight is 407 g/mol. The first-order chi connectivity index (χ1) is 14.7. The highest BCUT2D eigenvalue weighted by atomic mass is 16.2. The van der Waals surface area contributed by atoms with Gasteiger partial charge in [-0.1, -0.05) is 18.2 Å². The molecule has 2 heterocycles. The van der Waals surface area contributed by atoms with Gasteiger partial charge in [-0.3, -0.25) is 9.78 Å². The van der Waals surface area contributed by atoms with Crippen molar-refractivity contribution in [2.45, 2.75) is 51.0 Å². The van der Waals surface area contributed by atoms with E-state index in [1.54, 1.807) is 12.5 Å². The number of hydrogen-bond donors (Lipinski definition) is 4. The van der Waals surface area contributed by atoms with Crippen LogP contribution in [-0.2, 0) is 24.1 Å². The van der Waals surface area contributed by atoms with Crippen LogP contribution in [0, 0.1) is 0 Å². The molecule has 0 fully saturated rings. The number of carbonyl (C=O) groups excluding carboxylic acids is 1. The topological polar surface area (TPSA) is 109 Å². The van der Waals surface area contributed by atoms with Crippen molar-refractivity contribution in [2.75, 3.05) is 18.4 Å². The van der Waals surface area contributed by atoms with Crippen molar-refractivity contribution in [3.63, 3.8) is 0 Å². The molecule has 1 aromatic carbocycles. The molecule has 0 aliphatic heterocycles. The van der Waals surface area contributed by atoms with Crippen molar-refractivity contribution in [3.8, 4) is 0 Å². The van der Waals surface area contributed by atoms with Crippen LogP contribution in [0.15, 0.2) is 36.8 Å². The number of nitrogens with zero attached hydrogens (tertiary/aromatic N) is 2. The van der Waals surface area contributed by atoms with E-state index >= 15 is 0 Å². The van der Waals surface area contributed by atoms with Gasteiger partial charge in [0.15, 0.2) is 0 Å². The molecule has 0 bridgehead atoms. The SMILES string of the molecule is N[C@@H](Cc1cnc[nH]1)C(=O)NCCCCNc1c2c(nc3ccccc13)CCCC2. The quantitative estimate of drug-likeness (QED) is 0.409. The molecule has 4 rings (SSSR count). The summed E-state index contributed by atoms with van der Waals surface area (Å²) in [6, 6.07) is 7.82. The third-order valence-corrected chi connectivity index (χ3v) is 5.71. The van der Waals surface area contributed by atoms with E-state index in [0.29, 0.717) is 13.0 Å². The second kappa shape index (κ2) is 9.71. The number of H-pyrrole nitrogens is 1. The Morgan fingerprint density at radius 1 is 1.17 bits per heavy atom. The molecule has 158 valence electrons. The molecule has 0 radical (unpaired) electrons. The highest BCUT2D eigenvalue weighted by molar-refractivity contribution is 5.93. The number of carbonyl (C=O) groups is 1. The van der Waals surface area contributed by atoms with Gasteiger partial charge in [0.2, 0.25) is 5.91 Å². The summed E-state index contributed by atoms with van der Waals surface area (Å²) in [7, 11) is 0. The maximum absolute atomic E-state index is 12.1. The van der Waals surface area contributed by atoms with Gasteiger partial charge in [-0.15, -0.1) is 0 Å². The number of aryl methyl sites for hydroxylation is 1. The van der Waals surface area contributed by atoms with Gasteiger partial charge in [-0.25, -0.2) is 4.98 Å². The standard InChI is InChI=1S/C23H30N6O/c24-19(13-16-14-25-15-28-16)23(30)27-12-6-5-11-26-22-17-7-1-3-9-20(17)29-21-10-4-2-8-18(21)22/h1,3,7,9,14-15,19H,2,4-6,8,10-13,24H2,(H,25,28)(H,26,29)(H,27,30)/t19-/m0/s1. The van der Waals surface area contributed by atoms with Crippen LogP contribution in [0.1, 0.15) is 42.6 Å². The Hall–Kier alpha value is -2.93. The molecule has 7 heteroatoms. The summed E-state index contributed by atoms with van der Waals surface area (Å²) in [5.41, 5.74) is 11.8. The molecule has 0 saturated carbocycles. The van der Waals surface area contributed by atoms with Gasteiger partial charge in [-0.05, 0) is 50.2 Å². The lowest BCUT2D eigenvalue weighted by Crippen LogP contribution is -2.42. The van der Waals surface area contributed by atoms with Gasteiger partial charge in [0, 0.05) is 48.2 Å². The number of unbranched alkanes of at least 4 members (excludes halogenated alkanes) is 1. The number of imidazole rings is 1. The number of rotatable bonds is 9. The summed E-state index contributed by atoms with van der Waals surface area (Å²) in [5.74, 6) is -0.119. The Bertz CT molecular complexity index is 985. The monoisotopic (exact) mass is 406 g/mol. The van der Waals surface area contributed by atoms with E-state index in [1.165, 1.54) is 35.2 Å². The molecule has 1 atom stereocenters. The lowest BCUT2D eigenvalue weighted by molar-refractivity contribution is -0.122. The van der Waals surface area contributed by atoms with Crippen molar-refractivity contribution in [1.29, 1.82) is 0 Å². The molecule has 0 saturated heterocycles. The van der Waals surface area contributed by atoms with E-state index in [0.717, 1.165) is 43.4 Å². The zero-order valence-electron chi connectivity index (χ0n) is 17.3. The minimum Gasteiger partial charge on any atom is -0.384 e. The van der Waals surface area contributed by atoms with Crippen LogP contribution in [0.3, 0.4) is 0 Å². The van der Waals surface area contributed by atoms with E-state index in [1.807, 2.05) is 6.07 Å². The maximum atomic E-state index is 12.1. The van der Waals surface area contributed by atoms with Crippen LogP contribution in [0.4, 0.5) is 5.69 Å². The predicted octanol–water partition coefficient (Wildman–Crippen LogP) is 2.72. The number of fused-ring (bicyclic) bond motifs is 2. The molecule has 0 spiro atoms. The van der Waals surface area contributed by atoms with Gasteiger partial charge in [0.25, 0.3) is 0 Å². The molecule has 30 heavy (non-hydrogen) atoms. The second-order valence-electron chi connectivity index (χ2n) is 7.95. The number of pyridine rings is 1. The van der Waals surface area contributed by atoms with Crippen molar-refractivity contribution in [3.05, 3.63) is 53.7 Å². The molecule has 0 unspecified atom stereocenters. The van der Waals surface area contributed by atoms with Crippen molar-refractivity contribution in [2.24, 2.45) is 5.73 Å². The van der Waals surface area contributed by atoms with Gasteiger partial charge in [-0.2, -0.15) is 0 Å². The molecule has 2 aromatic heterocycles. The van der Waals surface area contributed by atoms with Gasteiger partial charge < -0.3 is 21.4 Å². The van der Waals surface area contributed by atoms with Crippen LogP contribution in [0.5, 0.6) is 0 Å². The van der Waals surface area contributed by atoms with Gasteiger partial charge >= 0.3 is 0 Å². The highest BCUT2D eigenvalue weighted by Crippen LogP contribution is 2.33. The summed E-state index contributed by atoms with van der Waals surface area (Å²) in [6.07, 6.45) is 10.2. The number of benzene rings is 1. The van der Waals surface area contributed by atoms with Crippen LogP contribution in [0.25, 0.3) is 10.9 Å². The number of aromatic nitrogens is 3. The van der Waals surface area contributed by atoms with E-state index < -0.39 is 6.04 Å². The molecule has 5 N–H and O–H groups in total. The number of aromatic amines is 1. The number of para-hydroxylation sites is 1. The van der Waals surface area contributed by atoms with Gasteiger partial charge in [0.05, 0.1) is 17.9 Å². The number of nitrogens with one attached hydrogen (secondary N) is 3. The number of hydrogen-bond acceptors (Lipinski definition) is 5. The van der Waals surface area contributed by atoms with E-state index in [9.17, 15) is 4.79 Å². The average Bonchev–Trinajstić information content (AvgIpc) is 3.28. The van der Waals surface area contributed by atoms with Crippen molar-refractivity contribution < 1.29 is 4.79 Å². The zero-order valence-corrected chi connectivity index (χ0v) is 17.3. The fraction of sp³-hybridized carbons (Fsp3) is 0.435. The summed E-state index contributed by atoms with van der Waals surface area (Å²) >= 11 is 0. The normalized spacial score (nSPS) is 14.3. The van der Waals surface area contributed by atoms with E-state index in [4.69, 9.17) is 10.7 Å². The molecule has 1 amide bonds. The van der Waals surface area contributed by atoms with Gasteiger partial charge in [0.1, 0.15) is 0 Å². The molecule has 7 nitrogen and oxygen atoms in total. The summed E-state index contributed by atoms with van der Waals surface area (Å²) < 4.78 is 0. The predicted molar refractivity (Wildman–Crippen MR) is 119 cm³/mol. The lowest BCUT2D eigenvalue weighted by Gasteiger charge is -2.21. The van der Waals surface area contributed by atoms with E-state index in [-0.39, 0.29) is 5.91 Å². The summed E-state index contributed by atoms with van der Waals surface area (Å²) in [4.78, 5) is 23.9. The smallest absolute Gasteiger partial charge is 0.237 e. The van der Waals surface area contributed by atoms with Crippen LogP contribution in [-0.4, -0.2) is 40.0 Å². The zero-order chi connectivity index (χ0) is 20.8. The minimum atomic E-state index is -0.557. The first-order valence-electron chi connectivity index (χ1n) is 10.9. The molecular weight excluding hydrogens is 376 g/mol. The Kier molecular flexibility index (Phi) is 6.59. The largest absolute Gasteiger partial charge is 0.384 e. The first-order valence-corrected chi connectivity index (χ1v) is 10.9. The third kappa shape index (κ3) is 4.79. The Balaban J connectivity index is 1.26. The molecule has 3 aromatic rings. The Labute approximate surface area is 176 Å². The van der Waals surface area contributed by atoms with Crippen LogP contribution < -0.4 is 16.4 Å². The molecule has 1 aliphatic rings. The summed E-state index contributed by atoms with van der Waals surface area (Å²) in [5, 5.41) is 7.81. The van der Waals surface area contributed by atoms with Crippen LogP contribution >= 0.6 is 0 Å². The van der Waals surface area contributed by atoms with E-state index in [2.05, 4.69) is 38.8 Å². The molecular formula is C23H30N6O. The number of nitrogens with two attached hydrogens (primary N) is 1. The fourth-order valence-electron chi connectivity index (χ4n) is 4.11. The number of anilines is 1. The molecule has 1 aliphatic carbocycles. The Morgan fingerprint density at radius 2 is 2.00 bits per heavy atom. The number of amides is 1. The summed E-state index contributed by atoms with van der Waals surface area (Å²) in [6.45, 7) is 1.50. The fourth-order valence-corrected chi connectivity index (χ4v) is 4.11. The maximum Gasteiger partial charge on any atom is 0.237 e. The lowest BCUT2D eigenvalue weighted by atomic mass is 9.92. The Morgan fingerprint density at radius 3 is 2.87 bits per heavy atom. The van der Waals surface area contributed by atoms with Crippen LogP contribution in [0.2, 0.25) is 0 Å². The third-order valence-electron chi connectivity index (χ3n) is 5.71. The minimum absolute atomic E-state index is 0.119. The van der Waals surface area contributed by atoms with Crippen molar-refractivity contribution >= 4 is 22.5 Å². The van der Waals surface area contributed by atoms with Crippen molar-refractivity contribution in [1.82, 2.24) is 20.3 Å².